The van der Waals surface area contributed by atoms with E-state index in [-0.39, 0.29) is 5.38 Å². The van der Waals surface area contributed by atoms with Crippen LogP contribution in [0.4, 0.5) is 0 Å². The van der Waals surface area contributed by atoms with Gasteiger partial charge in [0.1, 0.15) is 5.75 Å². The molecule has 2 aromatic rings. The maximum atomic E-state index is 6.49. The molecule has 4 heteroatoms. The lowest BCUT2D eigenvalue weighted by Crippen LogP contribution is -1.96. The number of alkyl halides is 1. The van der Waals surface area contributed by atoms with Crippen LogP contribution in [0.25, 0.3) is 0 Å². The molecule has 0 saturated carbocycles. The minimum Gasteiger partial charge on any atom is -0.497 e. The van der Waals surface area contributed by atoms with Crippen molar-refractivity contribution in [3.63, 3.8) is 0 Å². The molecule has 0 amide bonds. The lowest BCUT2D eigenvalue weighted by molar-refractivity contribution is 0.414. The second-order valence-electron chi connectivity index (χ2n) is 4.22. The van der Waals surface area contributed by atoms with Crippen molar-refractivity contribution in [2.45, 2.75) is 11.8 Å². The lowest BCUT2D eigenvalue weighted by atomic mass is 10.0. The summed E-state index contributed by atoms with van der Waals surface area (Å²) in [5.41, 5.74) is 2.29. The summed E-state index contributed by atoms with van der Waals surface area (Å²) in [6.45, 7) is 0. The maximum Gasteiger partial charge on any atom is 0.118 e. The first-order valence-corrected chi connectivity index (χ1v) is 7.83. The van der Waals surface area contributed by atoms with Gasteiger partial charge in [0.2, 0.25) is 0 Å². The quantitative estimate of drug-likeness (QED) is 0.590. The molecule has 0 aliphatic carbocycles. The predicted molar refractivity (Wildman–Crippen MR) is 87.1 cm³/mol. The van der Waals surface area contributed by atoms with Crippen LogP contribution < -0.4 is 4.74 Å². The second-order valence-corrected chi connectivity index (χ2v) is 6.58. The average Bonchev–Trinajstić information content (AvgIpc) is 2.38. The summed E-state index contributed by atoms with van der Waals surface area (Å²) in [5, 5.41) is -0.0535. The first kappa shape index (κ1) is 14.9. The largest absolute Gasteiger partial charge is 0.497 e. The molecular weight excluding hydrogens is 391 g/mol. The first-order chi connectivity index (χ1) is 9.08. The molecule has 0 heterocycles. The molecule has 0 bridgehead atoms. The Bertz CT molecular complexity index is 534. The van der Waals surface area contributed by atoms with E-state index in [1.165, 1.54) is 5.56 Å². The molecule has 0 N–H and O–H groups in total. The van der Waals surface area contributed by atoms with Crippen LogP contribution >= 0.6 is 43.5 Å². The van der Waals surface area contributed by atoms with E-state index in [0.717, 1.165) is 26.7 Å². The molecule has 0 spiro atoms. The van der Waals surface area contributed by atoms with Crippen molar-refractivity contribution in [1.29, 1.82) is 0 Å². The zero-order valence-corrected chi connectivity index (χ0v) is 14.3. The van der Waals surface area contributed by atoms with E-state index in [4.69, 9.17) is 16.3 Å². The molecule has 0 aromatic heterocycles. The molecule has 19 heavy (non-hydrogen) atoms. The molecule has 0 aliphatic rings. The smallest absolute Gasteiger partial charge is 0.118 e. The number of hydrogen-bond donors (Lipinski definition) is 0. The fourth-order valence-electron chi connectivity index (χ4n) is 1.84. The zero-order valence-electron chi connectivity index (χ0n) is 10.4. The molecule has 1 nitrogen and oxygen atoms in total. The van der Waals surface area contributed by atoms with Gasteiger partial charge in [0, 0.05) is 8.95 Å². The van der Waals surface area contributed by atoms with E-state index in [1.807, 2.05) is 42.5 Å². The van der Waals surface area contributed by atoms with Gasteiger partial charge in [-0.05, 0) is 47.9 Å². The van der Waals surface area contributed by atoms with Gasteiger partial charge in [0.05, 0.1) is 12.5 Å². The minimum atomic E-state index is -0.0535. The van der Waals surface area contributed by atoms with E-state index in [1.54, 1.807) is 7.11 Å². The van der Waals surface area contributed by atoms with Crippen molar-refractivity contribution in [3.8, 4) is 5.75 Å². The van der Waals surface area contributed by atoms with Crippen LogP contribution in [0.1, 0.15) is 16.5 Å². The summed E-state index contributed by atoms with van der Waals surface area (Å²) in [5.74, 6) is 0.861. The van der Waals surface area contributed by atoms with Crippen molar-refractivity contribution >= 4 is 43.5 Å². The number of methoxy groups -OCH3 is 1. The number of benzene rings is 2. The Morgan fingerprint density at radius 1 is 1.05 bits per heavy atom. The molecule has 1 unspecified atom stereocenters. The van der Waals surface area contributed by atoms with E-state index in [2.05, 4.69) is 31.9 Å². The Balaban J connectivity index is 2.13. The van der Waals surface area contributed by atoms with Gasteiger partial charge in [0.15, 0.2) is 0 Å². The Labute approximate surface area is 135 Å². The minimum absolute atomic E-state index is 0.0535. The first-order valence-electron chi connectivity index (χ1n) is 5.81. The van der Waals surface area contributed by atoms with Crippen molar-refractivity contribution in [1.82, 2.24) is 0 Å². The highest BCUT2D eigenvalue weighted by Crippen LogP contribution is 2.30. The van der Waals surface area contributed by atoms with Gasteiger partial charge in [-0.1, -0.05) is 44.0 Å². The van der Waals surface area contributed by atoms with Crippen LogP contribution in [0.15, 0.2) is 51.4 Å². The molecule has 0 fully saturated rings. The van der Waals surface area contributed by atoms with Crippen LogP contribution in [0.5, 0.6) is 5.75 Å². The van der Waals surface area contributed by atoms with Gasteiger partial charge in [-0.25, -0.2) is 0 Å². The van der Waals surface area contributed by atoms with Gasteiger partial charge < -0.3 is 4.74 Å². The highest BCUT2D eigenvalue weighted by molar-refractivity contribution is 9.11. The molecule has 2 rings (SSSR count). The van der Waals surface area contributed by atoms with Gasteiger partial charge in [-0.3, -0.25) is 0 Å². The highest BCUT2D eigenvalue weighted by atomic mass is 79.9. The van der Waals surface area contributed by atoms with Crippen LogP contribution in [0.2, 0.25) is 0 Å². The van der Waals surface area contributed by atoms with E-state index in [0.29, 0.717) is 0 Å². The monoisotopic (exact) mass is 402 g/mol. The molecular formula is C15H13Br2ClO. The van der Waals surface area contributed by atoms with Crippen LogP contribution in [-0.4, -0.2) is 7.11 Å². The summed E-state index contributed by atoms with van der Waals surface area (Å²) >= 11 is 13.4. The van der Waals surface area contributed by atoms with Crippen molar-refractivity contribution in [3.05, 3.63) is 62.5 Å². The van der Waals surface area contributed by atoms with E-state index in [9.17, 15) is 0 Å². The lowest BCUT2D eigenvalue weighted by Gasteiger charge is -2.11. The van der Waals surface area contributed by atoms with Crippen molar-refractivity contribution < 1.29 is 4.74 Å². The topological polar surface area (TPSA) is 9.23 Å². The predicted octanol–water partition coefficient (Wildman–Crippen LogP) is 5.74. The third kappa shape index (κ3) is 4.23. The number of hydrogen-bond acceptors (Lipinski definition) is 1. The van der Waals surface area contributed by atoms with Gasteiger partial charge in [-0.15, -0.1) is 11.6 Å². The van der Waals surface area contributed by atoms with E-state index < -0.39 is 0 Å². The molecule has 100 valence electrons. The number of ether oxygens (including phenoxy) is 1. The standard InChI is InChI=1S/C15H13Br2ClO/c1-19-14-4-2-10(3-5-14)6-15(18)11-7-12(16)9-13(17)8-11/h2-5,7-9,15H,6H2,1H3. The molecule has 0 aliphatic heterocycles. The van der Waals surface area contributed by atoms with Crippen LogP contribution in [0, 0.1) is 0 Å². The average molecular weight is 405 g/mol. The highest BCUT2D eigenvalue weighted by Gasteiger charge is 2.10. The fraction of sp³-hybridized carbons (Fsp3) is 0.200. The van der Waals surface area contributed by atoms with Crippen LogP contribution in [-0.2, 0) is 6.42 Å². The van der Waals surface area contributed by atoms with Gasteiger partial charge in [-0.2, -0.15) is 0 Å². The third-order valence-corrected chi connectivity index (χ3v) is 4.14. The van der Waals surface area contributed by atoms with E-state index >= 15 is 0 Å². The Kier molecular flexibility index (Phi) is 5.31. The number of halogens is 3. The SMILES string of the molecule is COc1ccc(CC(Cl)c2cc(Br)cc(Br)c2)cc1. The van der Waals surface area contributed by atoms with Crippen molar-refractivity contribution in [2.75, 3.05) is 7.11 Å². The Morgan fingerprint density at radius 2 is 1.63 bits per heavy atom. The van der Waals surface area contributed by atoms with Gasteiger partial charge >= 0.3 is 0 Å². The molecule has 2 aromatic carbocycles. The van der Waals surface area contributed by atoms with Crippen molar-refractivity contribution in [2.24, 2.45) is 0 Å². The third-order valence-electron chi connectivity index (χ3n) is 2.82. The zero-order chi connectivity index (χ0) is 13.8. The van der Waals surface area contributed by atoms with Crippen LogP contribution in [0.3, 0.4) is 0 Å². The molecule has 1 atom stereocenters. The molecule has 0 saturated heterocycles. The maximum absolute atomic E-state index is 6.49. The molecule has 0 radical (unpaired) electrons. The summed E-state index contributed by atoms with van der Waals surface area (Å²) < 4.78 is 7.20. The Hall–Kier alpha value is -0.510. The second kappa shape index (κ2) is 6.78. The number of rotatable bonds is 4. The summed E-state index contributed by atoms with van der Waals surface area (Å²) in [6, 6.07) is 14.1. The normalized spacial score (nSPS) is 12.2. The van der Waals surface area contributed by atoms with Gasteiger partial charge in [0.25, 0.3) is 0 Å². The summed E-state index contributed by atoms with van der Waals surface area (Å²) in [4.78, 5) is 0. The summed E-state index contributed by atoms with van der Waals surface area (Å²) in [7, 11) is 1.67. The fourth-order valence-corrected chi connectivity index (χ4v) is 3.48. The Morgan fingerprint density at radius 3 is 2.16 bits per heavy atom. The summed E-state index contributed by atoms with van der Waals surface area (Å²) in [6.07, 6.45) is 0.786.